The van der Waals surface area contributed by atoms with E-state index >= 15 is 0 Å². The molecule has 6 heteroatoms. The van der Waals surface area contributed by atoms with Gasteiger partial charge in [-0.15, -0.1) is 0 Å². The minimum absolute atomic E-state index is 0.153. The van der Waals surface area contributed by atoms with Gasteiger partial charge < -0.3 is 15.0 Å². The highest BCUT2D eigenvalue weighted by molar-refractivity contribution is 9.10. The largest absolute Gasteiger partial charge is 0.492 e. The van der Waals surface area contributed by atoms with Crippen molar-refractivity contribution in [3.8, 4) is 5.75 Å². The van der Waals surface area contributed by atoms with Crippen LogP contribution in [-0.2, 0) is 4.79 Å². The van der Waals surface area contributed by atoms with Gasteiger partial charge in [0.2, 0.25) is 5.91 Å². The molecule has 0 bridgehead atoms. The van der Waals surface area contributed by atoms with E-state index in [9.17, 15) is 4.79 Å². The molecule has 1 atom stereocenters. The maximum Gasteiger partial charge on any atom is 0.226 e. The number of likely N-dealkylation sites (N-methyl/N-ethyl adjacent to an activating group) is 1. The fraction of sp³-hybridized carbons (Fsp3) is 0.533. The Morgan fingerprint density at radius 3 is 3.10 bits per heavy atom. The molecular weight excluding hydrogens is 356 g/mol. The first kappa shape index (κ1) is 16.6. The van der Waals surface area contributed by atoms with E-state index in [1.165, 1.54) is 0 Å². The van der Waals surface area contributed by atoms with E-state index in [4.69, 9.17) is 16.3 Å². The van der Waals surface area contributed by atoms with Crippen LogP contribution in [0.25, 0.3) is 0 Å². The lowest BCUT2D eigenvalue weighted by molar-refractivity contribution is -0.133. The molecule has 1 amide bonds. The van der Waals surface area contributed by atoms with Gasteiger partial charge in [0.25, 0.3) is 0 Å². The van der Waals surface area contributed by atoms with Crippen LogP contribution in [-0.4, -0.2) is 43.6 Å². The van der Waals surface area contributed by atoms with Crippen LogP contribution in [0.1, 0.15) is 19.3 Å². The summed E-state index contributed by atoms with van der Waals surface area (Å²) in [5.74, 6) is 0.860. The summed E-state index contributed by atoms with van der Waals surface area (Å²) in [6, 6.07) is 5.76. The topological polar surface area (TPSA) is 41.6 Å². The normalized spacial score (nSPS) is 18.6. The Bertz CT molecular complexity index is 499. The number of halogens is 2. The summed E-state index contributed by atoms with van der Waals surface area (Å²) in [5, 5.41) is 3.89. The van der Waals surface area contributed by atoms with E-state index < -0.39 is 0 Å². The number of hydrogen-bond acceptors (Lipinski definition) is 3. The van der Waals surface area contributed by atoms with Gasteiger partial charge in [-0.25, -0.2) is 0 Å². The highest BCUT2D eigenvalue weighted by Crippen LogP contribution is 2.28. The van der Waals surface area contributed by atoms with Crippen molar-refractivity contribution in [2.24, 2.45) is 0 Å². The molecule has 21 heavy (non-hydrogen) atoms. The molecule has 0 aromatic heterocycles. The summed E-state index contributed by atoms with van der Waals surface area (Å²) < 4.78 is 6.44. The standard InChI is InChI=1S/C15H20BrClN2O2/c1-18-12-3-2-7-19(10-12)15(20)6-8-21-14-5-4-11(17)9-13(14)16/h4-5,9,12,18H,2-3,6-8,10H2,1H3. The third-order valence-electron chi connectivity index (χ3n) is 3.65. The van der Waals surface area contributed by atoms with E-state index in [1.807, 2.05) is 11.9 Å². The van der Waals surface area contributed by atoms with Crippen molar-refractivity contribution in [1.82, 2.24) is 10.2 Å². The fourth-order valence-electron chi connectivity index (χ4n) is 2.44. The van der Waals surface area contributed by atoms with Crippen molar-refractivity contribution in [1.29, 1.82) is 0 Å². The number of nitrogens with zero attached hydrogens (tertiary/aromatic N) is 1. The molecule has 2 rings (SSSR count). The molecule has 1 unspecified atom stereocenters. The highest BCUT2D eigenvalue weighted by Gasteiger charge is 2.22. The first-order valence-electron chi connectivity index (χ1n) is 7.13. The number of piperidine rings is 1. The Morgan fingerprint density at radius 2 is 2.38 bits per heavy atom. The van der Waals surface area contributed by atoms with Gasteiger partial charge in [0.1, 0.15) is 5.75 Å². The van der Waals surface area contributed by atoms with Gasteiger partial charge in [-0.05, 0) is 54.0 Å². The van der Waals surface area contributed by atoms with Crippen LogP contribution in [0.4, 0.5) is 0 Å². The van der Waals surface area contributed by atoms with Crippen LogP contribution in [0.5, 0.6) is 5.75 Å². The Kier molecular flexibility index (Phi) is 6.33. The maximum atomic E-state index is 12.2. The van der Waals surface area contributed by atoms with Gasteiger partial charge in [0, 0.05) is 24.2 Å². The van der Waals surface area contributed by atoms with E-state index in [-0.39, 0.29) is 5.91 Å². The molecule has 0 aliphatic carbocycles. The van der Waals surface area contributed by atoms with E-state index in [0.717, 1.165) is 30.4 Å². The highest BCUT2D eigenvalue weighted by atomic mass is 79.9. The second-order valence-electron chi connectivity index (χ2n) is 5.14. The molecule has 1 heterocycles. The summed E-state index contributed by atoms with van der Waals surface area (Å²) in [5.41, 5.74) is 0. The zero-order chi connectivity index (χ0) is 15.2. The average molecular weight is 376 g/mol. The van der Waals surface area contributed by atoms with Crippen molar-refractivity contribution in [2.45, 2.75) is 25.3 Å². The van der Waals surface area contributed by atoms with Gasteiger partial charge in [-0.1, -0.05) is 11.6 Å². The first-order valence-corrected chi connectivity index (χ1v) is 8.30. The number of rotatable bonds is 5. The lowest BCUT2D eigenvalue weighted by Gasteiger charge is -2.32. The summed E-state index contributed by atoms with van der Waals surface area (Å²) in [6.45, 7) is 2.02. The molecule has 0 spiro atoms. The molecule has 0 saturated carbocycles. The van der Waals surface area contributed by atoms with Crippen molar-refractivity contribution < 1.29 is 9.53 Å². The summed E-state index contributed by atoms with van der Waals surface area (Å²) in [4.78, 5) is 14.1. The molecule has 1 aromatic carbocycles. The Hall–Kier alpha value is -0.780. The predicted molar refractivity (Wildman–Crippen MR) is 87.9 cm³/mol. The fourth-order valence-corrected chi connectivity index (χ4v) is 3.24. The quantitative estimate of drug-likeness (QED) is 0.860. The van der Waals surface area contributed by atoms with Crippen LogP contribution in [0.3, 0.4) is 0 Å². The Balaban J connectivity index is 1.78. The second kappa shape index (κ2) is 8.01. The molecule has 1 fully saturated rings. The van der Waals surface area contributed by atoms with Crippen LogP contribution in [0.15, 0.2) is 22.7 Å². The van der Waals surface area contributed by atoms with Crippen molar-refractivity contribution in [3.05, 3.63) is 27.7 Å². The zero-order valence-electron chi connectivity index (χ0n) is 12.1. The van der Waals surface area contributed by atoms with Crippen molar-refractivity contribution >= 4 is 33.4 Å². The predicted octanol–water partition coefficient (Wildman–Crippen LogP) is 3.08. The van der Waals surface area contributed by atoms with Gasteiger partial charge in [0.15, 0.2) is 0 Å². The van der Waals surface area contributed by atoms with Gasteiger partial charge in [0.05, 0.1) is 17.5 Å². The van der Waals surface area contributed by atoms with Crippen molar-refractivity contribution in [3.63, 3.8) is 0 Å². The smallest absolute Gasteiger partial charge is 0.226 e. The monoisotopic (exact) mass is 374 g/mol. The third kappa shape index (κ3) is 4.87. The SMILES string of the molecule is CNC1CCCN(C(=O)CCOc2ccc(Cl)cc2Br)C1. The lowest BCUT2D eigenvalue weighted by atomic mass is 10.1. The number of likely N-dealkylation sites (tertiary alicyclic amines) is 1. The summed E-state index contributed by atoms with van der Waals surface area (Å²) >= 11 is 9.27. The van der Waals surface area contributed by atoms with Gasteiger partial charge >= 0.3 is 0 Å². The van der Waals surface area contributed by atoms with Crippen LogP contribution in [0, 0.1) is 0 Å². The minimum atomic E-state index is 0.153. The molecule has 1 saturated heterocycles. The number of nitrogens with one attached hydrogen (secondary N) is 1. The number of carbonyl (C=O) groups is 1. The zero-order valence-corrected chi connectivity index (χ0v) is 14.4. The third-order valence-corrected chi connectivity index (χ3v) is 4.50. The van der Waals surface area contributed by atoms with Crippen LogP contribution in [0.2, 0.25) is 5.02 Å². The molecule has 4 nitrogen and oxygen atoms in total. The van der Waals surface area contributed by atoms with Crippen LogP contribution >= 0.6 is 27.5 Å². The van der Waals surface area contributed by atoms with Crippen molar-refractivity contribution in [2.75, 3.05) is 26.7 Å². The van der Waals surface area contributed by atoms with E-state index in [0.29, 0.717) is 29.8 Å². The minimum Gasteiger partial charge on any atom is -0.492 e. The van der Waals surface area contributed by atoms with E-state index in [2.05, 4.69) is 21.2 Å². The Morgan fingerprint density at radius 1 is 1.57 bits per heavy atom. The molecule has 116 valence electrons. The molecule has 1 N–H and O–H groups in total. The lowest BCUT2D eigenvalue weighted by Crippen LogP contribution is -2.47. The summed E-state index contributed by atoms with van der Waals surface area (Å²) in [7, 11) is 1.94. The number of benzene rings is 1. The molecule has 1 aliphatic heterocycles. The average Bonchev–Trinajstić information content (AvgIpc) is 2.49. The van der Waals surface area contributed by atoms with E-state index in [1.54, 1.807) is 18.2 Å². The van der Waals surface area contributed by atoms with Gasteiger partial charge in [-0.3, -0.25) is 4.79 Å². The molecular formula is C15H20BrClN2O2. The maximum absolute atomic E-state index is 12.2. The van der Waals surface area contributed by atoms with Crippen LogP contribution < -0.4 is 10.1 Å². The second-order valence-corrected chi connectivity index (χ2v) is 6.43. The van der Waals surface area contributed by atoms with Gasteiger partial charge in [-0.2, -0.15) is 0 Å². The number of hydrogen-bond donors (Lipinski definition) is 1. The number of amides is 1. The molecule has 1 aliphatic rings. The number of carbonyl (C=O) groups excluding carboxylic acids is 1. The first-order chi connectivity index (χ1) is 10.1. The molecule has 1 aromatic rings. The number of ether oxygens (including phenoxy) is 1. The Labute approximate surface area is 138 Å². The molecule has 0 radical (unpaired) electrons. The summed E-state index contributed by atoms with van der Waals surface area (Å²) in [6.07, 6.45) is 2.58.